The van der Waals surface area contributed by atoms with Crippen LogP contribution in [0.5, 0.6) is 5.75 Å². The predicted octanol–water partition coefficient (Wildman–Crippen LogP) is 2.75. The number of nitrogens with one attached hydrogen (secondary N) is 3. The molecule has 1 fully saturated rings. The van der Waals surface area contributed by atoms with Crippen molar-refractivity contribution in [3.05, 3.63) is 59.9 Å². The summed E-state index contributed by atoms with van der Waals surface area (Å²) >= 11 is 0. The lowest BCUT2D eigenvalue weighted by Crippen LogP contribution is -2.45. The predicted molar refractivity (Wildman–Crippen MR) is 108 cm³/mol. The zero-order valence-electron chi connectivity index (χ0n) is 15.2. The molecule has 0 aliphatic carbocycles. The molecule has 0 bridgehead atoms. The first-order valence-corrected chi connectivity index (χ1v) is 8.91. The lowest BCUT2D eigenvalue weighted by atomic mass is 10.1. The van der Waals surface area contributed by atoms with Crippen LogP contribution in [0.3, 0.4) is 0 Å². The maximum absolute atomic E-state index is 13.6. The summed E-state index contributed by atoms with van der Waals surface area (Å²) < 4.78 is 19.1. The van der Waals surface area contributed by atoms with Crippen LogP contribution in [0.2, 0.25) is 0 Å². The van der Waals surface area contributed by atoms with Crippen LogP contribution in [0.4, 0.5) is 10.1 Å². The Morgan fingerprint density at radius 2 is 1.89 bits per heavy atom. The summed E-state index contributed by atoms with van der Waals surface area (Å²) in [6, 6.07) is 12.7. The highest BCUT2D eigenvalue weighted by Gasteiger charge is 2.19. The SMILES string of the molecule is Cl.O=C(COc1ccccc1C(=O)N[C@H]1CCCNC1)Nc1ccccc1F. The summed E-state index contributed by atoms with van der Waals surface area (Å²) in [5.41, 5.74) is 0.448. The van der Waals surface area contributed by atoms with Crippen LogP contribution in [0, 0.1) is 5.82 Å². The second-order valence-electron chi connectivity index (χ2n) is 6.33. The smallest absolute Gasteiger partial charge is 0.262 e. The first-order valence-electron chi connectivity index (χ1n) is 8.91. The van der Waals surface area contributed by atoms with Gasteiger partial charge in [-0.2, -0.15) is 0 Å². The van der Waals surface area contributed by atoms with Crippen molar-refractivity contribution >= 4 is 29.9 Å². The van der Waals surface area contributed by atoms with Gasteiger partial charge in [-0.3, -0.25) is 9.59 Å². The van der Waals surface area contributed by atoms with Gasteiger partial charge >= 0.3 is 0 Å². The second-order valence-corrected chi connectivity index (χ2v) is 6.33. The molecular formula is C20H23ClFN3O3. The minimum absolute atomic E-state index is 0. The van der Waals surface area contributed by atoms with Crippen LogP contribution < -0.4 is 20.7 Å². The molecule has 1 saturated heterocycles. The Morgan fingerprint density at radius 3 is 2.64 bits per heavy atom. The van der Waals surface area contributed by atoms with Crippen LogP contribution in [0.1, 0.15) is 23.2 Å². The Morgan fingerprint density at radius 1 is 1.14 bits per heavy atom. The molecular weight excluding hydrogens is 385 g/mol. The summed E-state index contributed by atoms with van der Waals surface area (Å²) in [5, 5.41) is 8.67. The lowest BCUT2D eigenvalue weighted by Gasteiger charge is -2.24. The fourth-order valence-corrected chi connectivity index (χ4v) is 2.91. The number of amides is 2. The molecule has 1 atom stereocenters. The molecule has 2 amide bonds. The van der Waals surface area contributed by atoms with E-state index in [1.54, 1.807) is 30.3 Å². The molecule has 0 spiro atoms. The van der Waals surface area contributed by atoms with Gasteiger partial charge in [0.15, 0.2) is 6.61 Å². The number of hydrogen-bond acceptors (Lipinski definition) is 4. The molecule has 1 aliphatic rings. The van der Waals surface area contributed by atoms with Crippen LogP contribution in [-0.2, 0) is 4.79 Å². The Kier molecular flexibility index (Phi) is 8.22. The summed E-state index contributed by atoms with van der Waals surface area (Å²) in [6.45, 7) is 1.37. The van der Waals surface area contributed by atoms with E-state index in [2.05, 4.69) is 16.0 Å². The maximum atomic E-state index is 13.6. The van der Waals surface area contributed by atoms with E-state index in [0.29, 0.717) is 11.3 Å². The van der Waals surface area contributed by atoms with Crippen molar-refractivity contribution in [2.24, 2.45) is 0 Å². The maximum Gasteiger partial charge on any atom is 0.262 e. The third kappa shape index (κ3) is 5.94. The molecule has 2 aromatic carbocycles. The standard InChI is InChI=1S/C20H22FN3O3.ClH/c21-16-8-2-3-9-17(16)24-19(25)13-27-18-10-4-1-7-15(18)20(26)23-14-6-5-11-22-12-14;/h1-4,7-10,14,22H,5-6,11-13H2,(H,23,26)(H,24,25);1H/t14-;/m0./s1. The molecule has 0 radical (unpaired) electrons. The van der Waals surface area contributed by atoms with Crippen LogP contribution in [0.15, 0.2) is 48.5 Å². The van der Waals surface area contributed by atoms with E-state index in [1.807, 2.05) is 0 Å². The van der Waals surface area contributed by atoms with E-state index >= 15 is 0 Å². The summed E-state index contributed by atoms with van der Waals surface area (Å²) in [7, 11) is 0. The molecule has 0 unspecified atom stereocenters. The number of piperidine rings is 1. The third-order valence-electron chi connectivity index (χ3n) is 4.27. The van der Waals surface area contributed by atoms with Crippen molar-refractivity contribution in [1.82, 2.24) is 10.6 Å². The largest absolute Gasteiger partial charge is 0.483 e. The quantitative estimate of drug-likeness (QED) is 0.688. The molecule has 1 aliphatic heterocycles. The molecule has 0 saturated carbocycles. The average Bonchev–Trinajstić information content (AvgIpc) is 2.69. The van der Waals surface area contributed by atoms with Gasteiger partial charge in [-0.25, -0.2) is 4.39 Å². The molecule has 3 rings (SSSR count). The van der Waals surface area contributed by atoms with Crippen molar-refractivity contribution < 1.29 is 18.7 Å². The molecule has 3 N–H and O–H groups in total. The van der Waals surface area contributed by atoms with E-state index in [1.165, 1.54) is 18.2 Å². The zero-order chi connectivity index (χ0) is 19.1. The number of anilines is 1. The topological polar surface area (TPSA) is 79.5 Å². The number of rotatable bonds is 6. The van der Waals surface area contributed by atoms with Gasteiger partial charge in [-0.15, -0.1) is 12.4 Å². The average molecular weight is 408 g/mol. The minimum atomic E-state index is -0.522. The van der Waals surface area contributed by atoms with Crippen LogP contribution >= 0.6 is 12.4 Å². The molecule has 2 aromatic rings. The molecule has 150 valence electrons. The van der Waals surface area contributed by atoms with Gasteiger partial charge in [-0.05, 0) is 43.7 Å². The molecule has 6 nitrogen and oxygen atoms in total. The Hall–Kier alpha value is -2.64. The number of ether oxygens (including phenoxy) is 1. The van der Waals surface area contributed by atoms with Crippen molar-refractivity contribution in [2.45, 2.75) is 18.9 Å². The molecule has 1 heterocycles. The van der Waals surface area contributed by atoms with Gasteiger partial charge in [-0.1, -0.05) is 24.3 Å². The second kappa shape index (κ2) is 10.6. The Labute approximate surface area is 169 Å². The number of para-hydroxylation sites is 2. The number of halogens is 2. The Balaban J connectivity index is 0.00000280. The van der Waals surface area contributed by atoms with Gasteiger partial charge in [0.1, 0.15) is 11.6 Å². The summed E-state index contributed by atoms with van der Waals surface area (Å²) in [6.07, 6.45) is 1.94. The normalized spacial score (nSPS) is 15.8. The number of carbonyl (C=O) groups is 2. The van der Waals surface area contributed by atoms with Gasteiger partial charge in [0.05, 0.1) is 11.3 Å². The first-order chi connectivity index (χ1) is 13.1. The highest BCUT2D eigenvalue weighted by atomic mass is 35.5. The van der Waals surface area contributed by atoms with Gasteiger partial charge in [0.25, 0.3) is 11.8 Å². The first kappa shape index (κ1) is 21.7. The van der Waals surface area contributed by atoms with Crippen molar-refractivity contribution in [3.63, 3.8) is 0 Å². The fraction of sp³-hybridized carbons (Fsp3) is 0.300. The van der Waals surface area contributed by atoms with Crippen molar-refractivity contribution in [2.75, 3.05) is 25.0 Å². The molecule has 8 heteroatoms. The van der Waals surface area contributed by atoms with Crippen molar-refractivity contribution in [1.29, 1.82) is 0 Å². The fourth-order valence-electron chi connectivity index (χ4n) is 2.91. The van der Waals surface area contributed by atoms with Crippen LogP contribution in [-0.4, -0.2) is 37.6 Å². The van der Waals surface area contributed by atoms with E-state index < -0.39 is 11.7 Å². The van der Waals surface area contributed by atoms with Gasteiger partial charge in [0, 0.05) is 12.6 Å². The minimum Gasteiger partial charge on any atom is -0.483 e. The number of carbonyl (C=O) groups excluding carboxylic acids is 2. The van der Waals surface area contributed by atoms with Crippen LogP contribution in [0.25, 0.3) is 0 Å². The third-order valence-corrected chi connectivity index (χ3v) is 4.27. The van der Waals surface area contributed by atoms with E-state index in [0.717, 1.165) is 25.9 Å². The van der Waals surface area contributed by atoms with Crippen molar-refractivity contribution in [3.8, 4) is 5.75 Å². The highest BCUT2D eigenvalue weighted by molar-refractivity contribution is 5.97. The summed E-state index contributed by atoms with van der Waals surface area (Å²) in [5.74, 6) is -0.963. The van der Waals surface area contributed by atoms with E-state index in [9.17, 15) is 14.0 Å². The Bertz CT molecular complexity index is 813. The van der Waals surface area contributed by atoms with E-state index in [4.69, 9.17) is 4.74 Å². The molecule has 0 aromatic heterocycles. The summed E-state index contributed by atoms with van der Waals surface area (Å²) in [4.78, 5) is 24.6. The van der Waals surface area contributed by atoms with Gasteiger partial charge in [0.2, 0.25) is 0 Å². The lowest BCUT2D eigenvalue weighted by molar-refractivity contribution is -0.118. The monoisotopic (exact) mass is 407 g/mol. The zero-order valence-corrected chi connectivity index (χ0v) is 16.1. The number of hydrogen-bond donors (Lipinski definition) is 3. The van der Waals surface area contributed by atoms with E-state index in [-0.39, 0.29) is 36.7 Å². The molecule has 28 heavy (non-hydrogen) atoms. The number of benzene rings is 2. The van der Waals surface area contributed by atoms with Gasteiger partial charge < -0.3 is 20.7 Å². The highest BCUT2D eigenvalue weighted by Crippen LogP contribution is 2.19.